The highest BCUT2D eigenvalue weighted by molar-refractivity contribution is 6.02. The van der Waals surface area contributed by atoms with E-state index in [-0.39, 0.29) is 29.8 Å². The first-order valence-electron chi connectivity index (χ1n) is 13.3. The third-order valence-corrected chi connectivity index (χ3v) is 7.59. The molecule has 8 heteroatoms. The highest BCUT2D eigenvalue weighted by atomic mass is 16.5. The van der Waals surface area contributed by atoms with Gasteiger partial charge in [-0.25, -0.2) is 0 Å². The first-order valence-corrected chi connectivity index (χ1v) is 13.3. The van der Waals surface area contributed by atoms with Gasteiger partial charge >= 0.3 is 0 Å². The number of carbonyl (C=O) groups is 2. The van der Waals surface area contributed by atoms with E-state index in [1.54, 1.807) is 14.2 Å². The third-order valence-electron chi connectivity index (χ3n) is 7.59. The number of allylic oxidation sites excluding steroid dienone is 1. The molecule has 2 aromatic rings. The van der Waals surface area contributed by atoms with Crippen LogP contribution in [0.3, 0.4) is 0 Å². The van der Waals surface area contributed by atoms with Gasteiger partial charge in [-0.05, 0) is 54.5 Å². The highest BCUT2D eigenvalue weighted by Crippen LogP contribution is 2.49. The summed E-state index contributed by atoms with van der Waals surface area (Å²) >= 11 is 0. The van der Waals surface area contributed by atoms with Crippen molar-refractivity contribution < 1.29 is 23.8 Å². The zero-order valence-electron chi connectivity index (χ0n) is 22.6. The van der Waals surface area contributed by atoms with Crippen molar-refractivity contribution in [2.45, 2.75) is 51.7 Å². The number of benzene rings is 2. The fourth-order valence-corrected chi connectivity index (χ4v) is 5.84. The molecule has 202 valence electrons. The lowest BCUT2D eigenvalue weighted by Crippen LogP contribution is -2.43. The molecule has 2 N–H and O–H groups in total. The number of anilines is 2. The van der Waals surface area contributed by atoms with E-state index in [1.165, 1.54) is 0 Å². The van der Waals surface area contributed by atoms with Crippen molar-refractivity contribution in [2.24, 2.45) is 5.41 Å². The van der Waals surface area contributed by atoms with Gasteiger partial charge in [-0.15, -0.1) is 0 Å². The Morgan fingerprint density at radius 3 is 2.66 bits per heavy atom. The lowest BCUT2D eigenvalue weighted by molar-refractivity contribution is -0.121. The SMILES string of the molecule is COc1ccc(C2C3=C(CC(C)(C)CC3=O)Nc3ccccc3N2CC(=O)NCC2CCCO2)cc1OC. The number of hydrogen-bond acceptors (Lipinski definition) is 7. The van der Waals surface area contributed by atoms with Gasteiger partial charge in [-0.1, -0.05) is 32.0 Å². The quantitative estimate of drug-likeness (QED) is 0.552. The fourth-order valence-electron chi connectivity index (χ4n) is 5.84. The summed E-state index contributed by atoms with van der Waals surface area (Å²) in [4.78, 5) is 29.2. The van der Waals surface area contributed by atoms with E-state index < -0.39 is 6.04 Å². The molecule has 1 fully saturated rings. The molecule has 1 amide bonds. The van der Waals surface area contributed by atoms with Gasteiger partial charge in [0.15, 0.2) is 17.3 Å². The molecule has 5 rings (SSSR count). The second kappa shape index (κ2) is 10.7. The van der Waals surface area contributed by atoms with Crippen LogP contribution >= 0.6 is 0 Å². The van der Waals surface area contributed by atoms with E-state index in [9.17, 15) is 9.59 Å². The van der Waals surface area contributed by atoms with Crippen molar-refractivity contribution in [1.82, 2.24) is 5.32 Å². The zero-order valence-corrected chi connectivity index (χ0v) is 22.6. The van der Waals surface area contributed by atoms with Crippen molar-refractivity contribution in [3.63, 3.8) is 0 Å². The smallest absolute Gasteiger partial charge is 0.239 e. The molecule has 0 radical (unpaired) electrons. The van der Waals surface area contributed by atoms with Crippen LogP contribution in [-0.4, -0.2) is 51.7 Å². The maximum atomic E-state index is 13.8. The maximum absolute atomic E-state index is 13.8. The first-order chi connectivity index (χ1) is 18.3. The van der Waals surface area contributed by atoms with E-state index in [0.29, 0.717) is 30.0 Å². The molecule has 0 aromatic heterocycles. The number of nitrogens with zero attached hydrogens (tertiary/aromatic N) is 1. The van der Waals surface area contributed by atoms with Crippen molar-refractivity contribution in [3.05, 3.63) is 59.3 Å². The minimum atomic E-state index is -0.488. The summed E-state index contributed by atoms with van der Waals surface area (Å²) in [6, 6.07) is 13.1. The van der Waals surface area contributed by atoms with Gasteiger partial charge in [-0.2, -0.15) is 0 Å². The Kier molecular flexibility index (Phi) is 7.34. The van der Waals surface area contributed by atoms with Crippen LogP contribution in [0.15, 0.2) is 53.7 Å². The topological polar surface area (TPSA) is 89.1 Å². The summed E-state index contributed by atoms with van der Waals surface area (Å²) in [6.07, 6.45) is 3.18. The zero-order chi connectivity index (χ0) is 26.9. The fraction of sp³-hybridized carbons (Fsp3) is 0.467. The van der Waals surface area contributed by atoms with Gasteiger partial charge in [0.2, 0.25) is 5.91 Å². The number of amides is 1. The summed E-state index contributed by atoms with van der Waals surface area (Å²) in [7, 11) is 3.20. The standard InChI is InChI=1S/C30H37N3O5/c1-30(2)15-22-28(24(34)16-30)29(19-11-12-25(36-3)26(14-19)37-4)33(23-10-6-5-9-21(23)32-22)18-27(35)31-17-20-8-7-13-38-20/h5-6,9-12,14,20,29,32H,7-8,13,15-18H2,1-4H3,(H,31,35). The predicted octanol–water partition coefficient (Wildman–Crippen LogP) is 4.62. The molecule has 2 heterocycles. The normalized spacial score (nSPS) is 22.2. The minimum absolute atomic E-state index is 0.0511. The third kappa shape index (κ3) is 5.23. The lowest BCUT2D eigenvalue weighted by atomic mass is 9.73. The number of fused-ring (bicyclic) bond motifs is 1. The largest absolute Gasteiger partial charge is 0.493 e. The number of Topliss-reactive ketones (excluding diaryl/α,β-unsaturated/α-hetero) is 1. The Bertz CT molecular complexity index is 1250. The van der Waals surface area contributed by atoms with Gasteiger partial charge in [0.05, 0.1) is 44.3 Å². The Morgan fingerprint density at radius 1 is 1.13 bits per heavy atom. The van der Waals surface area contributed by atoms with E-state index >= 15 is 0 Å². The highest BCUT2D eigenvalue weighted by Gasteiger charge is 2.42. The van der Waals surface area contributed by atoms with E-state index in [0.717, 1.165) is 48.5 Å². The Balaban J connectivity index is 1.61. The second-order valence-electron chi connectivity index (χ2n) is 11.1. The molecule has 2 aromatic carbocycles. The van der Waals surface area contributed by atoms with Crippen molar-refractivity contribution >= 4 is 23.1 Å². The van der Waals surface area contributed by atoms with Gasteiger partial charge in [0.25, 0.3) is 0 Å². The Hall–Kier alpha value is -3.52. The molecule has 0 saturated carbocycles. The number of hydrogen-bond donors (Lipinski definition) is 2. The predicted molar refractivity (Wildman–Crippen MR) is 147 cm³/mol. The van der Waals surface area contributed by atoms with Crippen molar-refractivity contribution in [1.29, 1.82) is 0 Å². The molecule has 0 bridgehead atoms. The molecule has 2 aliphatic heterocycles. The van der Waals surface area contributed by atoms with Crippen LogP contribution in [0, 0.1) is 5.41 Å². The number of carbonyl (C=O) groups excluding carboxylic acids is 2. The summed E-state index contributed by atoms with van der Waals surface area (Å²) in [5.41, 5.74) is 4.02. The van der Waals surface area contributed by atoms with Crippen LogP contribution in [0.1, 0.15) is 51.1 Å². The minimum Gasteiger partial charge on any atom is -0.493 e. The second-order valence-corrected chi connectivity index (χ2v) is 11.1. The number of nitrogens with one attached hydrogen (secondary N) is 2. The van der Waals surface area contributed by atoms with Crippen LogP contribution in [0.5, 0.6) is 11.5 Å². The molecule has 0 spiro atoms. The van der Waals surface area contributed by atoms with Gasteiger partial charge in [0.1, 0.15) is 0 Å². The van der Waals surface area contributed by atoms with Crippen LogP contribution in [0.2, 0.25) is 0 Å². The number of methoxy groups -OCH3 is 2. The summed E-state index contributed by atoms with van der Waals surface area (Å²) in [5, 5.41) is 6.65. The number of ether oxygens (including phenoxy) is 3. The molecule has 1 aliphatic carbocycles. The maximum Gasteiger partial charge on any atom is 0.239 e. The van der Waals surface area contributed by atoms with Gasteiger partial charge < -0.3 is 29.7 Å². The average Bonchev–Trinajstić information content (AvgIpc) is 3.37. The molecular formula is C30H37N3O5. The van der Waals surface area contributed by atoms with E-state index in [4.69, 9.17) is 14.2 Å². The average molecular weight is 520 g/mol. The Morgan fingerprint density at radius 2 is 1.92 bits per heavy atom. The molecule has 1 saturated heterocycles. The molecule has 3 aliphatic rings. The van der Waals surface area contributed by atoms with Crippen LogP contribution < -0.4 is 25.0 Å². The number of ketones is 1. The Labute approximate surface area is 224 Å². The van der Waals surface area contributed by atoms with Crippen LogP contribution in [0.25, 0.3) is 0 Å². The molecule has 2 atom stereocenters. The monoisotopic (exact) mass is 519 g/mol. The molecule has 8 nitrogen and oxygen atoms in total. The van der Waals surface area contributed by atoms with E-state index in [2.05, 4.69) is 24.5 Å². The summed E-state index contributed by atoms with van der Waals surface area (Å²) in [5.74, 6) is 1.15. The first kappa shape index (κ1) is 26.1. The number of para-hydroxylation sites is 2. The number of rotatable bonds is 7. The summed E-state index contributed by atoms with van der Waals surface area (Å²) in [6.45, 7) is 5.54. The molecule has 38 heavy (non-hydrogen) atoms. The molecule has 2 unspecified atom stereocenters. The van der Waals surface area contributed by atoms with Crippen molar-refractivity contribution in [2.75, 3.05) is 44.1 Å². The van der Waals surface area contributed by atoms with Gasteiger partial charge in [-0.3, -0.25) is 9.59 Å². The summed E-state index contributed by atoms with van der Waals surface area (Å²) < 4.78 is 16.8. The van der Waals surface area contributed by atoms with E-state index in [1.807, 2.05) is 47.4 Å². The van der Waals surface area contributed by atoms with Crippen LogP contribution in [0.4, 0.5) is 11.4 Å². The van der Waals surface area contributed by atoms with Gasteiger partial charge in [0, 0.05) is 30.8 Å². The van der Waals surface area contributed by atoms with Crippen molar-refractivity contribution in [3.8, 4) is 11.5 Å². The van der Waals surface area contributed by atoms with Crippen LogP contribution in [-0.2, 0) is 14.3 Å². The lowest BCUT2D eigenvalue weighted by Gasteiger charge is -2.38. The molecular weight excluding hydrogens is 482 g/mol.